The third-order valence-electron chi connectivity index (χ3n) is 9.33. The predicted molar refractivity (Wildman–Crippen MR) is 200 cm³/mol. The number of thioether (sulfide) groups is 1. The van der Waals surface area contributed by atoms with Crippen molar-refractivity contribution in [3.05, 3.63) is 163 Å². The lowest BCUT2D eigenvalue weighted by Gasteiger charge is -2.23. The minimum atomic E-state index is 0.110. The van der Waals surface area contributed by atoms with Gasteiger partial charge in [0.15, 0.2) is 28.9 Å². The average molecular weight is 662 g/mol. The van der Waals surface area contributed by atoms with Crippen molar-refractivity contribution < 1.29 is 4.42 Å². The van der Waals surface area contributed by atoms with Crippen LogP contribution in [0.1, 0.15) is 17.2 Å². The van der Waals surface area contributed by atoms with E-state index < -0.39 is 0 Å². The average Bonchev–Trinajstić information content (AvgIpc) is 3.77. The summed E-state index contributed by atoms with van der Waals surface area (Å²) < 4.78 is 6.50. The number of aromatic nitrogens is 5. The van der Waals surface area contributed by atoms with Crippen LogP contribution in [-0.4, -0.2) is 30.2 Å². The lowest BCUT2D eigenvalue weighted by atomic mass is 9.86. The summed E-state index contributed by atoms with van der Waals surface area (Å²) in [5, 5.41) is 1.10. The van der Waals surface area contributed by atoms with Gasteiger partial charge in [-0.05, 0) is 35.4 Å². The number of rotatable bonds is 5. The van der Waals surface area contributed by atoms with E-state index >= 15 is 0 Å². The van der Waals surface area contributed by atoms with Crippen LogP contribution in [-0.2, 0) is 0 Å². The molecular formula is C43H27N5OS. The molecule has 236 valence electrons. The molecule has 1 aliphatic heterocycles. The number of fused-ring (bicyclic) bond motifs is 6. The maximum absolute atomic E-state index is 6.50. The van der Waals surface area contributed by atoms with Crippen molar-refractivity contribution in [2.75, 3.05) is 0 Å². The minimum Gasteiger partial charge on any atom is -0.452 e. The molecule has 0 amide bonds. The van der Waals surface area contributed by atoms with Crippen LogP contribution in [0.2, 0.25) is 0 Å². The Morgan fingerprint density at radius 1 is 0.540 bits per heavy atom. The van der Waals surface area contributed by atoms with Crippen molar-refractivity contribution in [3.63, 3.8) is 0 Å². The highest BCUT2D eigenvalue weighted by molar-refractivity contribution is 8.00. The Bertz CT molecular complexity index is 2580. The molecule has 0 bridgehead atoms. The molecule has 8 aromatic rings. The monoisotopic (exact) mass is 661 g/mol. The van der Waals surface area contributed by atoms with Gasteiger partial charge in [0.1, 0.15) is 16.8 Å². The van der Waals surface area contributed by atoms with Crippen LogP contribution < -0.4 is 0 Å². The predicted octanol–water partition coefficient (Wildman–Crippen LogP) is 10.4. The number of hydrogen-bond acceptors (Lipinski definition) is 7. The first-order valence-electron chi connectivity index (χ1n) is 16.6. The highest BCUT2D eigenvalue weighted by atomic mass is 32.2. The molecule has 1 aliphatic carbocycles. The topological polar surface area (TPSA) is 77.6 Å². The van der Waals surface area contributed by atoms with Crippen molar-refractivity contribution in [1.82, 2.24) is 24.9 Å². The Labute approximate surface area is 292 Å². The molecule has 10 rings (SSSR count). The summed E-state index contributed by atoms with van der Waals surface area (Å²) in [4.78, 5) is 26.4. The lowest BCUT2D eigenvalue weighted by molar-refractivity contribution is 0.663. The van der Waals surface area contributed by atoms with Crippen molar-refractivity contribution in [3.8, 4) is 45.6 Å². The van der Waals surface area contributed by atoms with Gasteiger partial charge in [0, 0.05) is 43.7 Å². The molecule has 0 spiro atoms. The van der Waals surface area contributed by atoms with Crippen molar-refractivity contribution >= 4 is 39.4 Å². The molecule has 2 aliphatic rings. The molecule has 0 fully saturated rings. The second-order valence-electron chi connectivity index (χ2n) is 12.4. The van der Waals surface area contributed by atoms with Crippen LogP contribution in [0.15, 0.2) is 161 Å². The van der Waals surface area contributed by atoms with Gasteiger partial charge in [0.2, 0.25) is 0 Å². The van der Waals surface area contributed by atoms with Gasteiger partial charge in [-0.2, -0.15) is 0 Å². The number of para-hydroxylation sites is 1. The van der Waals surface area contributed by atoms with E-state index in [2.05, 4.69) is 54.6 Å². The summed E-state index contributed by atoms with van der Waals surface area (Å²) in [6.45, 7) is 0. The smallest absolute Gasteiger partial charge is 0.179 e. The number of furan rings is 1. The van der Waals surface area contributed by atoms with E-state index in [4.69, 9.17) is 29.3 Å². The highest BCUT2D eigenvalue weighted by Crippen LogP contribution is 2.54. The van der Waals surface area contributed by atoms with E-state index in [-0.39, 0.29) is 11.2 Å². The van der Waals surface area contributed by atoms with Gasteiger partial charge in [-0.25, -0.2) is 24.9 Å². The Hall–Kier alpha value is -6.18. The number of hydrogen-bond donors (Lipinski definition) is 0. The van der Waals surface area contributed by atoms with Gasteiger partial charge in [-0.3, -0.25) is 0 Å². The van der Waals surface area contributed by atoms with E-state index in [1.807, 2.05) is 109 Å². The van der Waals surface area contributed by atoms with E-state index in [9.17, 15) is 0 Å². The molecule has 0 radical (unpaired) electrons. The largest absolute Gasteiger partial charge is 0.452 e. The maximum Gasteiger partial charge on any atom is 0.179 e. The highest BCUT2D eigenvalue weighted by Gasteiger charge is 2.38. The molecule has 3 aromatic heterocycles. The van der Waals surface area contributed by atoms with Crippen LogP contribution >= 0.6 is 11.8 Å². The number of nitrogens with zero attached hydrogens (tertiary/aromatic N) is 5. The first-order valence-corrected chi connectivity index (χ1v) is 17.5. The van der Waals surface area contributed by atoms with Crippen LogP contribution in [0, 0.1) is 0 Å². The Morgan fingerprint density at radius 3 is 1.78 bits per heavy atom. The molecule has 0 saturated heterocycles. The van der Waals surface area contributed by atoms with Crippen LogP contribution in [0.25, 0.3) is 73.2 Å². The first kappa shape index (κ1) is 28.8. The second kappa shape index (κ2) is 11.8. The van der Waals surface area contributed by atoms with E-state index in [0.29, 0.717) is 23.3 Å². The molecule has 2 unspecified atom stereocenters. The fraction of sp³-hybridized carbons (Fsp3) is 0.0465. The second-order valence-corrected chi connectivity index (χ2v) is 13.6. The van der Waals surface area contributed by atoms with Gasteiger partial charge >= 0.3 is 0 Å². The minimum absolute atomic E-state index is 0.110. The third kappa shape index (κ3) is 4.85. The SMILES string of the molecule is C1=CC2c3cc(-c4nc(-c5ccccc5)nc(-c5ccccc5)n4)ccc3SC2C(c2nc(-c3ccccc3)nc3c2oc2ccccc23)=C1. The quantitative estimate of drug-likeness (QED) is 0.182. The molecule has 2 atom stereocenters. The van der Waals surface area contributed by atoms with Crippen LogP contribution in [0.3, 0.4) is 0 Å². The molecule has 6 nitrogen and oxygen atoms in total. The summed E-state index contributed by atoms with van der Waals surface area (Å²) >= 11 is 1.87. The molecule has 0 saturated carbocycles. The molecule has 50 heavy (non-hydrogen) atoms. The van der Waals surface area contributed by atoms with E-state index in [1.165, 1.54) is 10.5 Å². The summed E-state index contributed by atoms with van der Waals surface area (Å²) in [6, 6.07) is 45.0. The van der Waals surface area contributed by atoms with Crippen molar-refractivity contribution in [1.29, 1.82) is 0 Å². The fourth-order valence-corrected chi connectivity index (χ4v) is 8.37. The van der Waals surface area contributed by atoms with Crippen molar-refractivity contribution in [2.24, 2.45) is 0 Å². The summed E-state index contributed by atoms with van der Waals surface area (Å²) in [6.07, 6.45) is 6.64. The molecular weight excluding hydrogens is 635 g/mol. The number of benzene rings is 5. The Balaban J connectivity index is 1.08. The lowest BCUT2D eigenvalue weighted by Crippen LogP contribution is -2.15. The van der Waals surface area contributed by atoms with Gasteiger partial charge < -0.3 is 4.42 Å². The summed E-state index contributed by atoms with van der Waals surface area (Å²) in [5.41, 5.74) is 9.40. The molecule has 4 heterocycles. The zero-order valence-electron chi connectivity index (χ0n) is 26.6. The van der Waals surface area contributed by atoms with Gasteiger partial charge in [-0.1, -0.05) is 127 Å². The zero-order valence-corrected chi connectivity index (χ0v) is 27.5. The summed E-state index contributed by atoms with van der Waals surface area (Å²) in [7, 11) is 0. The third-order valence-corrected chi connectivity index (χ3v) is 10.8. The normalized spacial score (nSPS) is 16.4. The molecule has 5 aromatic carbocycles. The van der Waals surface area contributed by atoms with Gasteiger partial charge in [-0.15, -0.1) is 11.8 Å². The van der Waals surface area contributed by atoms with Gasteiger partial charge in [0.05, 0.1) is 0 Å². The van der Waals surface area contributed by atoms with Crippen molar-refractivity contribution in [2.45, 2.75) is 16.1 Å². The fourth-order valence-electron chi connectivity index (χ4n) is 6.92. The zero-order chi connectivity index (χ0) is 33.0. The van der Waals surface area contributed by atoms with E-state index in [1.54, 1.807) is 0 Å². The standard InChI is InChI=1S/C43H27N5OS/c1-4-13-26(14-5-1)40-44-36-31-19-10-11-22-34(31)49-38(36)37(45-40)32-21-12-20-30-33-25-29(23-24-35(33)50-39(30)32)43-47-41(27-15-6-2-7-16-27)46-42(48-43)28-17-8-3-9-18-28/h1-25,30,39H. The Morgan fingerprint density at radius 2 is 1.12 bits per heavy atom. The first-order chi connectivity index (χ1) is 24.8. The summed E-state index contributed by atoms with van der Waals surface area (Å²) in [5.74, 6) is 2.77. The van der Waals surface area contributed by atoms with E-state index in [0.717, 1.165) is 55.6 Å². The Kier molecular flexibility index (Phi) is 6.77. The van der Waals surface area contributed by atoms with Gasteiger partial charge in [0.25, 0.3) is 0 Å². The number of allylic oxidation sites excluding steroid dienone is 3. The maximum atomic E-state index is 6.50. The molecule has 0 N–H and O–H groups in total. The van der Waals surface area contributed by atoms with Crippen LogP contribution in [0.5, 0.6) is 0 Å². The molecule has 7 heteroatoms. The van der Waals surface area contributed by atoms with Crippen LogP contribution in [0.4, 0.5) is 0 Å².